The molecule has 0 spiro atoms. The summed E-state index contributed by atoms with van der Waals surface area (Å²) in [5.41, 5.74) is 5.03. The SMILES string of the molecule is CCN(CC1CC1)C(=O)c1cc(C)ccc1NN. The van der Waals surface area contributed by atoms with E-state index in [0.717, 1.165) is 18.7 Å². The molecule has 0 heterocycles. The minimum absolute atomic E-state index is 0.0704. The van der Waals surface area contributed by atoms with Crippen LogP contribution < -0.4 is 11.3 Å². The van der Waals surface area contributed by atoms with Gasteiger partial charge in [0, 0.05) is 13.1 Å². The first-order chi connectivity index (χ1) is 8.65. The van der Waals surface area contributed by atoms with E-state index in [1.165, 1.54) is 12.8 Å². The highest BCUT2D eigenvalue weighted by molar-refractivity contribution is 5.99. The lowest BCUT2D eigenvalue weighted by Crippen LogP contribution is -2.33. The molecule has 0 aromatic heterocycles. The van der Waals surface area contributed by atoms with E-state index in [1.807, 2.05) is 36.9 Å². The summed E-state index contributed by atoms with van der Waals surface area (Å²) in [5.74, 6) is 6.25. The van der Waals surface area contributed by atoms with E-state index < -0.39 is 0 Å². The van der Waals surface area contributed by atoms with E-state index >= 15 is 0 Å². The van der Waals surface area contributed by atoms with Crippen LogP contribution in [0, 0.1) is 12.8 Å². The summed E-state index contributed by atoms with van der Waals surface area (Å²) in [5, 5.41) is 0. The molecule has 1 fully saturated rings. The number of carbonyl (C=O) groups excluding carboxylic acids is 1. The smallest absolute Gasteiger partial charge is 0.256 e. The molecule has 2 rings (SSSR count). The lowest BCUT2D eigenvalue weighted by atomic mass is 10.1. The molecular formula is C14H21N3O. The lowest BCUT2D eigenvalue weighted by molar-refractivity contribution is 0.0757. The Balaban J connectivity index is 2.21. The van der Waals surface area contributed by atoms with Crippen LogP contribution in [0.1, 0.15) is 35.7 Å². The standard InChI is InChI=1S/C14H21N3O/c1-3-17(9-11-5-6-11)14(18)12-8-10(2)4-7-13(12)16-15/h4,7-8,11,16H,3,5-6,9,15H2,1-2H3. The van der Waals surface area contributed by atoms with Crippen molar-refractivity contribution in [2.45, 2.75) is 26.7 Å². The summed E-state index contributed by atoms with van der Waals surface area (Å²) >= 11 is 0. The van der Waals surface area contributed by atoms with Crippen molar-refractivity contribution >= 4 is 11.6 Å². The van der Waals surface area contributed by atoms with E-state index in [4.69, 9.17) is 5.84 Å². The molecule has 0 atom stereocenters. The van der Waals surface area contributed by atoms with Crippen LogP contribution in [0.25, 0.3) is 0 Å². The summed E-state index contributed by atoms with van der Waals surface area (Å²) in [7, 11) is 0. The van der Waals surface area contributed by atoms with E-state index in [1.54, 1.807) is 0 Å². The molecule has 1 aliphatic rings. The van der Waals surface area contributed by atoms with Crippen LogP contribution in [0.3, 0.4) is 0 Å². The number of carbonyl (C=O) groups is 1. The highest BCUT2D eigenvalue weighted by Crippen LogP contribution is 2.30. The highest BCUT2D eigenvalue weighted by Gasteiger charge is 2.27. The van der Waals surface area contributed by atoms with Gasteiger partial charge in [-0.1, -0.05) is 11.6 Å². The second kappa shape index (κ2) is 5.40. The van der Waals surface area contributed by atoms with Gasteiger partial charge in [0.25, 0.3) is 5.91 Å². The second-order valence-electron chi connectivity index (χ2n) is 4.98. The Kier molecular flexibility index (Phi) is 3.87. The number of nitrogen functional groups attached to an aromatic ring is 1. The van der Waals surface area contributed by atoms with Crippen molar-refractivity contribution in [2.75, 3.05) is 18.5 Å². The molecule has 18 heavy (non-hydrogen) atoms. The fourth-order valence-electron chi connectivity index (χ4n) is 2.10. The highest BCUT2D eigenvalue weighted by atomic mass is 16.2. The van der Waals surface area contributed by atoms with E-state index in [2.05, 4.69) is 5.43 Å². The van der Waals surface area contributed by atoms with Gasteiger partial charge >= 0.3 is 0 Å². The summed E-state index contributed by atoms with van der Waals surface area (Å²) in [6, 6.07) is 5.70. The fraction of sp³-hybridized carbons (Fsp3) is 0.500. The van der Waals surface area contributed by atoms with Crippen molar-refractivity contribution in [3.05, 3.63) is 29.3 Å². The quantitative estimate of drug-likeness (QED) is 0.619. The predicted octanol–water partition coefficient (Wildman–Crippen LogP) is 2.15. The average Bonchev–Trinajstić information content (AvgIpc) is 3.19. The van der Waals surface area contributed by atoms with Crippen molar-refractivity contribution in [3.8, 4) is 0 Å². The van der Waals surface area contributed by atoms with Crippen molar-refractivity contribution in [3.63, 3.8) is 0 Å². The molecule has 1 aliphatic carbocycles. The van der Waals surface area contributed by atoms with Gasteiger partial charge in [-0.2, -0.15) is 0 Å². The Morgan fingerprint density at radius 2 is 2.22 bits per heavy atom. The molecule has 0 unspecified atom stereocenters. The molecule has 3 N–H and O–H groups in total. The number of rotatable bonds is 5. The number of hydrogen-bond acceptors (Lipinski definition) is 3. The third kappa shape index (κ3) is 2.82. The maximum absolute atomic E-state index is 12.5. The van der Waals surface area contributed by atoms with Crippen LogP contribution in [0.5, 0.6) is 0 Å². The second-order valence-corrected chi connectivity index (χ2v) is 4.98. The number of benzene rings is 1. The third-order valence-electron chi connectivity index (χ3n) is 3.41. The molecule has 0 saturated heterocycles. The Hall–Kier alpha value is -1.55. The summed E-state index contributed by atoms with van der Waals surface area (Å²) in [6.45, 7) is 5.61. The number of amides is 1. The molecule has 0 bridgehead atoms. The minimum atomic E-state index is 0.0704. The molecule has 0 radical (unpaired) electrons. The molecule has 98 valence electrons. The summed E-state index contributed by atoms with van der Waals surface area (Å²) in [6.07, 6.45) is 2.50. The molecular weight excluding hydrogens is 226 g/mol. The molecule has 1 saturated carbocycles. The van der Waals surface area contributed by atoms with Gasteiger partial charge in [-0.05, 0) is 44.7 Å². The maximum atomic E-state index is 12.5. The Labute approximate surface area is 108 Å². The number of nitrogens with two attached hydrogens (primary N) is 1. The Bertz CT molecular complexity index is 441. The van der Waals surface area contributed by atoms with Gasteiger partial charge in [-0.15, -0.1) is 0 Å². The zero-order valence-corrected chi connectivity index (χ0v) is 11.1. The first-order valence-corrected chi connectivity index (χ1v) is 6.52. The number of nitrogens with zero attached hydrogens (tertiary/aromatic N) is 1. The van der Waals surface area contributed by atoms with Gasteiger partial charge in [-0.25, -0.2) is 0 Å². The van der Waals surface area contributed by atoms with Crippen LogP contribution in [0.4, 0.5) is 5.69 Å². The Morgan fingerprint density at radius 3 is 2.78 bits per heavy atom. The normalized spacial score (nSPS) is 14.4. The van der Waals surface area contributed by atoms with Crippen LogP contribution in [0.2, 0.25) is 0 Å². The zero-order chi connectivity index (χ0) is 13.1. The average molecular weight is 247 g/mol. The topological polar surface area (TPSA) is 58.4 Å². The monoisotopic (exact) mass is 247 g/mol. The number of hydrazine groups is 1. The van der Waals surface area contributed by atoms with Gasteiger partial charge in [0.15, 0.2) is 0 Å². The molecule has 4 nitrogen and oxygen atoms in total. The number of hydrogen-bond donors (Lipinski definition) is 2. The van der Waals surface area contributed by atoms with Crippen LogP contribution >= 0.6 is 0 Å². The van der Waals surface area contributed by atoms with Crippen LogP contribution in [0.15, 0.2) is 18.2 Å². The van der Waals surface area contributed by atoms with Crippen molar-refractivity contribution in [1.82, 2.24) is 4.90 Å². The first-order valence-electron chi connectivity index (χ1n) is 6.52. The maximum Gasteiger partial charge on any atom is 0.256 e. The molecule has 4 heteroatoms. The third-order valence-corrected chi connectivity index (χ3v) is 3.41. The van der Waals surface area contributed by atoms with E-state index in [0.29, 0.717) is 17.2 Å². The van der Waals surface area contributed by atoms with Crippen molar-refractivity contribution < 1.29 is 4.79 Å². The lowest BCUT2D eigenvalue weighted by Gasteiger charge is -2.22. The fourth-order valence-corrected chi connectivity index (χ4v) is 2.10. The Morgan fingerprint density at radius 1 is 1.50 bits per heavy atom. The van der Waals surface area contributed by atoms with Crippen LogP contribution in [-0.2, 0) is 0 Å². The number of nitrogens with one attached hydrogen (secondary N) is 1. The molecule has 1 amide bonds. The first kappa shape index (κ1) is 12.9. The van der Waals surface area contributed by atoms with Gasteiger partial charge in [0.1, 0.15) is 0 Å². The summed E-state index contributed by atoms with van der Waals surface area (Å²) < 4.78 is 0. The summed E-state index contributed by atoms with van der Waals surface area (Å²) in [4.78, 5) is 14.4. The van der Waals surface area contributed by atoms with Crippen molar-refractivity contribution in [2.24, 2.45) is 11.8 Å². The number of anilines is 1. The predicted molar refractivity (Wildman–Crippen MR) is 73.3 cm³/mol. The molecule has 0 aliphatic heterocycles. The van der Waals surface area contributed by atoms with E-state index in [-0.39, 0.29) is 5.91 Å². The zero-order valence-electron chi connectivity index (χ0n) is 11.1. The van der Waals surface area contributed by atoms with Gasteiger partial charge in [-0.3, -0.25) is 10.6 Å². The molecule has 1 aromatic carbocycles. The van der Waals surface area contributed by atoms with E-state index in [9.17, 15) is 4.79 Å². The van der Waals surface area contributed by atoms with Gasteiger partial charge in [0.05, 0.1) is 11.3 Å². The van der Waals surface area contributed by atoms with Crippen molar-refractivity contribution in [1.29, 1.82) is 0 Å². The molecule has 1 aromatic rings. The van der Waals surface area contributed by atoms with Crippen LogP contribution in [-0.4, -0.2) is 23.9 Å². The van der Waals surface area contributed by atoms with Gasteiger partial charge in [0.2, 0.25) is 0 Å². The van der Waals surface area contributed by atoms with Gasteiger partial charge < -0.3 is 10.3 Å². The number of aryl methyl sites for hydroxylation is 1. The minimum Gasteiger partial charge on any atom is -0.339 e. The largest absolute Gasteiger partial charge is 0.339 e.